The SMILES string of the molecule is CC(CC(O)c1ccccc1)N(C)Cc1ccccc1. The third-order valence-electron chi connectivity index (χ3n) is 3.78. The first kappa shape index (κ1) is 14.8. The van der Waals surface area contributed by atoms with Crippen molar-refractivity contribution >= 4 is 0 Å². The molecular formula is C18H23NO. The molecule has 0 radical (unpaired) electrons. The van der Waals surface area contributed by atoms with Crippen LogP contribution in [-0.2, 0) is 6.54 Å². The zero-order chi connectivity index (χ0) is 14.4. The summed E-state index contributed by atoms with van der Waals surface area (Å²) in [5.41, 5.74) is 2.29. The molecule has 0 saturated heterocycles. The van der Waals surface area contributed by atoms with E-state index in [0.29, 0.717) is 6.04 Å². The quantitative estimate of drug-likeness (QED) is 0.865. The molecule has 20 heavy (non-hydrogen) atoms. The molecule has 0 aliphatic rings. The summed E-state index contributed by atoms with van der Waals surface area (Å²) in [5, 5.41) is 10.3. The first-order chi connectivity index (χ1) is 9.66. The summed E-state index contributed by atoms with van der Waals surface area (Å²) in [4.78, 5) is 2.28. The van der Waals surface area contributed by atoms with E-state index in [1.165, 1.54) is 5.56 Å². The van der Waals surface area contributed by atoms with Gasteiger partial charge in [-0.05, 0) is 31.5 Å². The highest BCUT2D eigenvalue weighted by Gasteiger charge is 2.15. The number of rotatable bonds is 6. The van der Waals surface area contributed by atoms with E-state index in [1.54, 1.807) is 0 Å². The average molecular weight is 269 g/mol. The molecule has 0 fully saturated rings. The minimum absolute atomic E-state index is 0.324. The Balaban J connectivity index is 1.89. The Hall–Kier alpha value is -1.64. The molecule has 106 valence electrons. The second-order valence-corrected chi connectivity index (χ2v) is 5.41. The number of aliphatic hydroxyl groups is 1. The second kappa shape index (κ2) is 7.22. The first-order valence-corrected chi connectivity index (χ1v) is 7.14. The second-order valence-electron chi connectivity index (χ2n) is 5.41. The maximum atomic E-state index is 10.3. The van der Waals surface area contributed by atoms with Gasteiger partial charge in [0.2, 0.25) is 0 Å². The molecule has 0 heterocycles. The zero-order valence-corrected chi connectivity index (χ0v) is 12.2. The van der Waals surface area contributed by atoms with Crippen molar-refractivity contribution in [3.63, 3.8) is 0 Å². The highest BCUT2D eigenvalue weighted by molar-refractivity contribution is 5.17. The maximum Gasteiger partial charge on any atom is 0.0804 e. The molecule has 2 aromatic rings. The van der Waals surface area contributed by atoms with Gasteiger partial charge in [-0.25, -0.2) is 0 Å². The Labute approximate surface area is 121 Å². The number of hydrogen-bond acceptors (Lipinski definition) is 2. The molecule has 2 aromatic carbocycles. The predicted molar refractivity (Wildman–Crippen MR) is 83.4 cm³/mol. The van der Waals surface area contributed by atoms with Crippen molar-refractivity contribution in [3.05, 3.63) is 71.8 Å². The first-order valence-electron chi connectivity index (χ1n) is 7.14. The summed E-state index contributed by atoms with van der Waals surface area (Å²) in [6.07, 6.45) is 0.345. The molecule has 0 aromatic heterocycles. The topological polar surface area (TPSA) is 23.5 Å². The van der Waals surface area contributed by atoms with E-state index in [-0.39, 0.29) is 0 Å². The largest absolute Gasteiger partial charge is 0.388 e. The molecule has 0 saturated carbocycles. The van der Waals surface area contributed by atoms with Gasteiger partial charge in [0.25, 0.3) is 0 Å². The molecule has 0 amide bonds. The van der Waals surface area contributed by atoms with Gasteiger partial charge in [-0.3, -0.25) is 4.90 Å². The molecule has 2 unspecified atom stereocenters. The monoisotopic (exact) mass is 269 g/mol. The Bertz CT molecular complexity index is 497. The normalized spacial score (nSPS) is 14.2. The number of nitrogens with zero attached hydrogens (tertiary/aromatic N) is 1. The van der Waals surface area contributed by atoms with Gasteiger partial charge in [0.05, 0.1) is 6.10 Å². The molecule has 0 aliphatic carbocycles. The van der Waals surface area contributed by atoms with E-state index in [4.69, 9.17) is 0 Å². The minimum Gasteiger partial charge on any atom is -0.388 e. The van der Waals surface area contributed by atoms with Gasteiger partial charge in [-0.15, -0.1) is 0 Å². The molecule has 2 rings (SSSR count). The Morgan fingerprint density at radius 2 is 1.50 bits per heavy atom. The summed E-state index contributed by atoms with van der Waals surface area (Å²) in [5.74, 6) is 0. The van der Waals surface area contributed by atoms with Crippen LogP contribution in [-0.4, -0.2) is 23.1 Å². The van der Waals surface area contributed by atoms with Crippen molar-refractivity contribution in [3.8, 4) is 0 Å². The maximum absolute atomic E-state index is 10.3. The number of benzene rings is 2. The highest BCUT2D eigenvalue weighted by atomic mass is 16.3. The molecule has 1 N–H and O–H groups in total. The molecular weight excluding hydrogens is 246 g/mol. The summed E-state index contributed by atoms with van der Waals surface area (Å²) < 4.78 is 0. The van der Waals surface area contributed by atoms with E-state index in [0.717, 1.165) is 18.5 Å². The van der Waals surface area contributed by atoms with Gasteiger partial charge in [-0.1, -0.05) is 60.7 Å². The van der Waals surface area contributed by atoms with Crippen LogP contribution in [0, 0.1) is 0 Å². The van der Waals surface area contributed by atoms with Gasteiger partial charge in [0, 0.05) is 12.6 Å². The molecule has 0 bridgehead atoms. The lowest BCUT2D eigenvalue weighted by molar-refractivity contribution is 0.118. The van der Waals surface area contributed by atoms with Crippen LogP contribution in [0.4, 0.5) is 0 Å². The fourth-order valence-electron chi connectivity index (χ4n) is 2.34. The van der Waals surface area contributed by atoms with Crippen molar-refractivity contribution in [2.45, 2.75) is 32.0 Å². The van der Waals surface area contributed by atoms with Crippen LogP contribution in [0.15, 0.2) is 60.7 Å². The van der Waals surface area contributed by atoms with E-state index >= 15 is 0 Å². The molecule has 2 heteroatoms. The lowest BCUT2D eigenvalue weighted by atomic mass is 10.0. The molecule has 2 atom stereocenters. The Kier molecular flexibility index (Phi) is 5.33. The van der Waals surface area contributed by atoms with Crippen LogP contribution in [0.5, 0.6) is 0 Å². The third-order valence-corrected chi connectivity index (χ3v) is 3.78. The summed E-state index contributed by atoms with van der Waals surface area (Å²) in [6, 6.07) is 20.6. The highest BCUT2D eigenvalue weighted by Crippen LogP contribution is 2.20. The van der Waals surface area contributed by atoms with E-state index < -0.39 is 6.10 Å². The van der Waals surface area contributed by atoms with Crippen LogP contribution >= 0.6 is 0 Å². The van der Waals surface area contributed by atoms with Crippen molar-refractivity contribution in [2.75, 3.05) is 7.05 Å². The smallest absolute Gasteiger partial charge is 0.0804 e. The van der Waals surface area contributed by atoms with Crippen LogP contribution < -0.4 is 0 Å². The zero-order valence-electron chi connectivity index (χ0n) is 12.2. The number of aliphatic hydroxyl groups excluding tert-OH is 1. The summed E-state index contributed by atoms with van der Waals surface area (Å²) in [7, 11) is 2.11. The van der Waals surface area contributed by atoms with Gasteiger partial charge in [0.15, 0.2) is 0 Å². The van der Waals surface area contributed by atoms with Gasteiger partial charge >= 0.3 is 0 Å². The van der Waals surface area contributed by atoms with Crippen molar-refractivity contribution in [2.24, 2.45) is 0 Å². The van der Waals surface area contributed by atoms with Crippen LogP contribution in [0.3, 0.4) is 0 Å². The molecule has 0 aliphatic heterocycles. The van der Waals surface area contributed by atoms with E-state index in [2.05, 4.69) is 43.1 Å². The number of hydrogen-bond donors (Lipinski definition) is 1. The van der Waals surface area contributed by atoms with Gasteiger partial charge in [0.1, 0.15) is 0 Å². The van der Waals surface area contributed by atoms with Crippen LogP contribution in [0.2, 0.25) is 0 Å². The van der Waals surface area contributed by atoms with Crippen molar-refractivity contribution in [1.82, 2.24) is 4.90 Å². The van der Waals surface area contributed by atoms with E-state index in [1.807, 2.05) is 36.4 Å². The Morgan fingerprint density at radius 3 is 2.10 bits per heavy atom. The lowest BCUT2D eigenvalue weighted by Gasteiger charge is -2.27. The van der Waals surface area contributed by atoms with Gasteiger partial charge in [-0.2, -0.15) is 0 Å². The predicted octanol–water partition coefficient (Wildman–Crippen LogP) is 3.63. The fourth-order valence-corrected chi connectivity index (χ4v) is 2.34. The van der Waals surface area contributed by atoms with Gasteiger partial charge < -0.3 is 5.11 Å². The third kappa shape index (κ3) is 4.19. The summed E-state index contributed by atoms with van der Waals surface area (Å²) in [6.45, 7) is 3.07. The van der Waals surface area contributed by atoms with Crippen LogP contribution in [0.25, 0.3) is 0 Å². The van der Waals surface area contributed by atoms with Crippen LogP contribution in [0.1, 0.15) is 30.6 Å². The van der Waals surface area contributed by atoms with Crippen molar-refractivity contribution < 1.29 is 5.11 Å². The lowest BCUT2D eigenvalue weighted by Crippen LogP contribution is -2.30. The fraction of sp³-hybridized carbons (Fsp3) is 0.333. The van der Waals surface area contributed by atoms with E-state index in [9.17, 15) is 5.11 Å². The molecule has 2 nitrogen and oxygen atoms in total. The summed E-state index contributed by atoms with van der Waals surface area (Å²) >= 11 is 0. The molecule has 0 spiro atoms. The minimum atomic E-state index is -0.399. The Morgan fingerprint density at radius 1 is 0.950 bits per heavy atom. The van der Waals surface area contributed by atoms with Crippen molar-refractivity contribution in [1.29, 1.82) is 0 Å². The average Bonchev–Trinajstić information content (AvgIpc) is 2.49. The standard InChI is InChI=1S/C18H23NO/c1-15(13-18(20)17-11-7-4-8-12-17)19(2)14-16-9-5-3-6-10-16/h3-12,15,18,20H,13-14H2,1-2H3.